The van der Waals surface area contributed by atoms with Gasteiger partial charge in [0.25, 0.3) is 0 Å². The number of aromatic nitrogens is 6. The van der Waals surface area contributed by atoms with Crippen LogP contribution >= 0.6 is 0 Å². The molecule has 0 saturated heterocycles. The molecule has 0 amide bonds. The van der Waals surface area contributed by atoms with E-state index in [0.29, 0.717) is 45.4 Å². The van der Waals surface area contributed by atoms with Gasteiger partial charge in [-0.3, -0.25) is 18.7 Å². The molecule has 8 rings (SSSR count). The molecule has 1 N–H and O–H groups in total. The fraction of sp³-hybridized carbons (Fsp3) is 0.150. The number of azide groups is 1. The smallest absolute Gasteiger partial charge is 0.191 e. The van der Waals surface area contributed by atoms with E-state index in [9.17, 15) is 32.3 Å². The number of fused-ring (bicyclic) bond motifs is 2. The van der Waals surface area contributed by atoms with Crippen LogP contribution in [0.25, 0.3) is 66.4 Å². The zero-order valence-corrected chi connectivity index (χ0v) is 31.0. The van der Waals surface area contributed by atoms with Gasteiger partial charge in [-0.2, -0.15) is 0 Å². The number of benzene rings is 2. The number of nitrogens with zero attached hydrogens (tertiary/aromatic N) is 9. The molecule has 0 bridgehead atoms. The van der Waals surface area contributed by atoms with Gasteiger partial charge in [0, 0.05) is 34.9 Å². The predicted molar refractivity (Wildman–Crippen MR) is 203 cm³/mol. The lowest BCUT2D eigenvalue weighted by Gasteiger charge is -2.16. The molecule has 0 fully saturated rings. The first kappa shape index (κ1) is 38.8. The lowest BCUT2D eigenvalue weighted by atomic mass is 10.1. The molecule has 2 aromatic carbocycles. The van der Waals surface area contributed by atoms with Crippen LogP contribution in [0.3, 0.4) is 0 Å². The lowest BCUT2D eigenvalue weighted by molar-refractivity contribution is 0.274. The number of aliphatic hydroxyl groups is 1. The van der Waals surface area contributed by atoms with Crippen molar-refractivity contribution < 1.29 is 31.7 Å². The third kappa shape index (κ3) is 7.08. The van der Waals surface area contributed by atoms with E-state index < -0.39 is 29.9 Å². The van der Waals surface area contributed by atoms with Gasteiger partial charge in [-0.15, -0.1) is 0 Å². The summed E-state index contributed by atoms with van der Waals surface area (Å²) in [4.78, 5) is 36.9. The van der Waals surface area contributed by atoms with Crippen LogP contribution in [0.15, 0.2) is 96.5 Å². The highest BCUT2D eigenvalue weighted by Gasteiger charge is 2.21. The van der Waals surface area contributed by atoms with Gasteiger partial charge in [0.2, 0.25) is 0 Å². The molecule has 8 aromatic rings. The monoisotopic (exact) mass is 791 g/mol. The number of rotatable bonds is 7. The number of halogens is 4. The van der Waals surface area contributed by atoms with Crippen LogP contribution in [0.4, 0.5) is 17.6 Å². The van der Waals surface area contributed by atoms with Crippen LogP contribution < -0.4 is 10.9 Å². The Morgan fingerprint density at radius 3 is 1.52 bits per heavy atom. The molecule has 6 aromatic heterocycles. The fourth-order valence-corrected chi connectivity index (χ4v) is 6.66. The van der Waals surface area contributed by atoms with E-state index in [4.69, 9.17) is 14.6 Å². The lowest BCUT2D eigenvalue weighted by Crippen LogP contribution is -2.15. The van der Waals surface area contributed by atoms with Gasteiger partial charge < -0.3 is 14.2 Å². The molecular weight excluding hydrogens is 762 g/mol. The second-order valence-corrected chi connectivity index (χ2v) is 12.9. The van der Waals surface area contributed by atoms with Gasteiger partial charge in [0.05, 0.1) is 74.9 Å². The van der Waals surface area contributed by atoms with Gasteiger partial charge in [-0.1, -0.05) is 15.4 Å². The van der Waals surface area contributed by atoms with Crippen molar-refractivity contribution in [3.05, 3.63) is 161 Å². The first-order chi connectivity index (χ1) is 27.8. The summed E-state index contributed by atoms with van der Waals surface area (Å²) in [7, 11) is 0. The Balaban J connectivity index is 0.000000177. The Bertz CT molecular complexity index is 3060. The largest absolute Gasteiger partial charge is 0.390 e. The number of hydrogen-bond acceptors (Lipinski definition) is 10. The predicted octanol–water partition coefficient (Wildman–Crippen LogP) is 8.17. The zero-order valence-electron chi connectivity index (χ0n) is 31.0. The van der Waals surface area contributed by atoms with E-state index in [1.807, 2.05) is 0 Å². The molecule has 0 atom stereocenters. The minimum Gasteiger partial charge on any atom is -0.390 e. The number of aliphatic hydroxyl groups excluding tert-OH is 1. The summed E-state index contributed by atoms with van der Waals surface area (Å²) in [6.45, 7) is 6.22. The number of hydrogen-bond donors (Lipinski definition) is 1. The van der Waals surface area contributed by atoms with Crippen LogP contribution in [-0.2, 0) is 13.2 Å². The molecule has 292 valence electrons. The van der Waals surface area contributed by atoms with Gasteiger partial charge in [0.1, 0.15) is 46.1 Å². The SMILES string of the molecule is Cc1noc(C)c1-c1ccc2c(=O)cc(CN=[N+]=[N-])n(-c3ccc(F)cc3F)c2n1.Cc1noc(C)c1-c1ccc2c(=O)cc(CO)n(-c3ccc(F)cc3F)c2n1. The molecule has 0 saturated carbocycles. The Hall–Kier alpha value is -7.43. The van der Waals surface area contributed by atoms with Crippen LogP contribution in [0, 0.1) is 51.0 Å². The Kier molecular flexibility index (Phi) is 10.4. The first-order valence-corrected chi connectivity index (χ1v) is 17.3. The van der Waals surface area contributed by atoms with Crippen molar-refractivity contribution in [2.75, 3.05) is 0 Å². The highest BCUT2D eigenvalue weighted by atomic mass is 19.1. The first-order valence-electron chi connectivity index (χ1n) is 17.3. The molecule has 18 heteroatoms. The molecular formula is C40H29F4N9O5. The molecule has 14 nitrogen and oxygen atoms in total. The van der Waals surface area contributed by atoms with E-state index in [1.165, 1.54) is 33.4 Å². The van der Waals surface area contributed by atoms with E-state index in [-0.39, 0.29) is 62.2 Å². The highest BCUT2D eigenvalue weighted by Crippen LogP contribution is 2.30. The molecule has 0 aliphatic rings. The van der Waals surface area contributed by atoms with Crippen molar-refractivity contribution in [3.63, 3.8) is 0 Å². The van der Waals surface area contributed by atoms with Crippen LogP contribution in [0.2, 0.25) is 0 Å². The van der Waals surface area contributed by atoms with Crippen molar-refractivity contribution in [3.8, 4) is 33.9 Å². The molecule has 6 heterocycles. The normalized spacial score (nSPS) is 11.1. The van der Waals surface area contributed by atoms with Gasteiger partial charge in [-0.05, 0) is 81.8 Å². The van der Waals surface area contributed by atoms with Crippen molar-refractivity contribution in [1.29, 1.82) is 0 Å². The van der Waals surface area contributed by atoms with Crippen LogP contribution in [0.1, 0.15) is 34.3 Å². The van der Waals surface area contributed by atoms with Crippen LogP contribution in [0.5, 0.6) is 0 Å². The van der Waals surface area contributed by atoms with Crippen molar-refractivity contribution in [2.45, 2.75) is 40.8 Å². The maximum absolute atomic E-state index is 14.7. The maximum Gasteiger partial charge on any atom is 0.191 e. The van der Waals surface area contributed by atoms with E-state index in [2.05, 4.69) is 30.3 Å². The summed E-state index contributed by atoms with van der Waals surface area (Å²) in [6, 6.07) is 15.0. The minimum atomic E-state index is -0.855. The summed E-state index contributed by atoms with van der Waals surface area (Å²) in [5.74, 6) is -2.10. The summed E-state index contributed by atoms with van der Waals surface area (Å²) in [6.07, 6.45) is 0. The van der Waals surface area contributed by atoms with Crippen molar-refractivity contribution in [2.24, 2.45) is 5.11 Å². The second kappa shape index (κ2) is 15.6. The van der Waals surface area contributed by atoms with Crippen molar-refractivity contribution in [1.82, 2.24) is 29.4 Å². The van der Waals surface area contributed by atoms with E-state index in [1.54, 1.807) is 52.0 Å². The number of pyridine rings is 4. The average molecular weight is 792 g/mol. The second-order valence-electron chi connectivity index (χ2n) is 12.9. The average Bonchev–Trinajstić information content (AvgIpc) is 3.72. The molecule has 0 radical (unpaired) electrons. The van der Waals surface area contributed by atoms with E-state index in [0.717, 1.165) is 24.3 Å². The standard InChI is InChI=1S/C20H14F2N6O2.C20H15F2N3O3/c1-10-19(11(2)30-26-10)16-5-4-14-18(29)8-13(9-24-27-23)28(20(14)25-16)17-6-3-12(21)7-15(17)22;1-10-19(11(2)28-24-10)16-5-4-14-18(27)8-13(9-26)25(20(14)23-16)17-6-3-12(21)7-15(17)22/h3-8H,9H2,1-2H3;3-8,26H,9H2,1-2H3. The molecule has 0 aliphatic carbocycles. The maximum atomic E-state index is 14.7. The third-order valence-electron chi connectivity index (χ3n) is 9.21. The minimum absolute atomic E-state index is 0.0288. The van der Waals surface area contributed by atoms with Gasteiger partial charge in [-0.25, -0.2) is 27.5 Å². The summed E-state index contributed by atoms with van der Waals surface area (Å²) in [5, 5.41) is 21.5. The molecule has 0 unspecified atom stereocenters. The van der Waals surface area contributed by atoms with E-state index >= 15 is 0 Å². The Morgan fingerprint density at radius 2 is 1.12 bits per heavy atom. The van der Waals surface area contributed by atoms with Gasteiger partial charge >= 0.3 is 0 Å². The van der Waals surface area contributed by atoms with Gasteiger partial charge in [0.15, 0.2) is 10.9 Å². The summed E-state index contributed by atoms with van der Waals surface area (Å²) < 4.78 is 69.1. The third-order valence-corrected chi connectivity index (χ3v) is 9.21. The molecule has 58 heavy (non-hydrogen) atoms. The molecule has 0 spiro atoms. The quantitative estimate of drug-likeness (QED) is 0.0718. The summed E-state index contributed by atoms with van der Waals surface area (Å²) in [5.41, 5.74) is 12.0. The topological polar surface area (TPSA) is 191 Å². The number of aryl methyl sites for hydroxylation is 4. The zero-order chi connectivity index (χ0) is 41.4. The van der Waals surface area contributed by atoms with Crippen molar-refractivity contribution >= 4 is 22.1 Å². The highest BCUT2D eigenvalue weighted by molar-refractivity contribution is 5.82. The Labute approximate surface area is 323 Å². The summed E-state index contributed by atoms with van der Waals surface area (Å²) >= 11 is 0. The van der Waals surface area contributed by atoms with Crippen LogP contribution in [-0.4, -0.2) is 34.5 Å². The fourth-order valence-electron chi connectivity index (χ4n) is 6.66. The molecule has 0 aliphatic heterocycles. The Morgan fingerprint density at radius 1 is 0.672 bits per heavy atom.